The molecule has 6 heteroatoms. The molecule has 1 saturated heterocycles. The number of fused-ring (bicyclic) bond motifs is 1. The van der Waals surface area contributed by atoms with E-state index < -0.39 is 17.5 Å². The van der Waals surface area contributed by atoms with E-state index in [-0.39, 0.29) is 12.3 Å². The number of urea groups is 1. The summed E-state index contributed by atoms with van der Waals surface area (Å²) in [4.78, 5) is 39.3. The van der Waals surface area contributed by atoms with Crippen LogP contribution in [-0.2, 0) is 23.2 Å². The van der Waals surface area contributed by atoms with Crippen LogP contribution in [0.5, 0.6) is 5.75 Å². The zero-order chi connectivity index (χ0) is 20.6. The number of hydrogen-bond acceptors (Lipinski definition) is 4. The van der Waals surface area contributed by atoms with Crippen molar-refractivity contribution in [3.05, 3.63) is 64.7 Å². The molecule has 6 nitrogen and oxygen atoms in total. The molecule has 0 spiro atoms. The van der Waals surface area contributed by atoms with Crippen LogP contribution in [0.4, 0.5) is 4.79 Å². The van der Waals surface area contributed by atoms with Gasteiger partial charge in [0.05, 0.1) is 13.2 Å². The maximum atomic E-state index is 13.1. The Hall–Kier alpha value is -3.15. The summed E-state index contributed by atoms with van der Waals surface area (Å²) in [6.45, 7) is 3.83. The Bertz CT molecular complexity index is 983. The first-order chi connectivity index (χ1) is 13.9. The van der Waals surface area contributed by atoms with Crippen LogP contribution in [0.3, 0.4) is 0 Å². The number of aryl methyl sites for hydroxylation is 2. The fourth-order valence-corrected chi connectivity index (χ4v) is 4.06. The Morgan fingerprint density at radius 2 is 1.83 bits per heavy atom. The number of nitrogens with zero attached hydrogens (tertiary/aromatic N) is 1. The average molecular weight is 392 g/mol. The van der Waals surface area contributed by atoms with Crippen molar-refractivity contribution in [1.82, 2.24) is 10.2 Å². The number of ether oxygens (including phenoxy) is 1. The topological polar surface area (TPSA) is 75.7 Å². The summed E-state index contributed by atoms with van der Waals surface area (Å²) in [5, 5.41) is 2.79. The smallest absolute Gasteiger partial charge is 0.325 e. The third-order valence-corrected chi connectivity index (χ3v) is 5.74. The van der Waals surface area contributed by atoms with Crippen LogP contribution in [0.15, 0.2) is 42.5 Å². The molecule has 0 bridgehead atoms. The van der Waals surface area contributed by atoms with Crippen LogP contribution in [0.1, 0.15) is 47.3 Å². The molecule has 0 unspecified atom stereocenters. The number of benzene rings is 2. The van der Waals surface area contributed by atoms with Crippen molar-refractivity contribution in [3.8, 4) is 5.75 Å². The molecule has 1 atom stereocenters. The molecular formula is C23H24N2O4. The predicted molar refractivity (Wildman–Crippen MR) is 108 cm³/mol. The van der Waals surface area contributed by atoms with Gasteiger partial charge >= 0.3 is 6.03 Å². The van der Waals surface area contributed by atoms with Crippen LogP contribution in [0, 0.1) is 0 Å². The standard InChI is InChI=1S/C23H24N2O4/c1-3-29-19-11-8-16(9-12-19)20(26)14-25-21(27)23(2,24-22(25)28)18-10-7-15-5-4-6-17(15)13-18/h7-13H,3-6,14H2,1-2H3,(H,24,28)/t23-/m1/s1. The molecule has 2 aromatic carbocycles. The quantitative estimate of drug-likeness (QED) is 0.605. The SMILES string of the molecule is CCOc1ccc(C(=O)CN2C(=O)N[C@](C)(c3ccc4c(c3)CCC4)C2=O)cc1. The van der Waals surface area contributed by atoms with E-state index in [0.29, 0.717) is 17.9 Å². The lowest BCUT2D eigenvalue weighted by Crippen LogP contribution is -2.41. The molecule has 1 fully saturated rings. The second-order valence-corrected chi connectivity index (χ2v) is 7.66. The number of hydrogen-bond donors (Lipinski definition) is 1. The summed E-state index contributed by atoms with van der Waals surface area (Å²) in [6, 6.07) is 12.1. The molecule has 2 aromatic rings. The number of carbonyl (C=O) groups excluding carboxylic acids is 3. The minimum Gasteiger partial charge on any atom is -0.494 e. The molecule has 0 saturated carbocycles. The second kappa shape index (κ2) is 7.35. The number of Topliss-reactive ketones (excluding diaryl/α,β-unsaturated/α-hetero) is 1. The molecule has 0 aromatic heterocycles. The first kappa shape index (κ1) is 19.2. The molecule has 1 aliphatic carbocycles. The van der Waals surface area contributed by atoms with Crippen LogP contribution < -0.4 is 10.1 Å². The Balaban J connectivity index is 1.52. The summed E-state index contributed by atoms with van der Waals surface area (Å²) < 4.78 is 5.38. The minimum atomic E-state index is -1.16. The van der Waals surface area contributed by atoms with Gasteiger partial charge < -0.3 is 10.1 Å². The Kier molecular flexibility index (Phi) is 4.86. The lowest BCUT2D eigenvalue weighted by atomic mass is 9.89. The van der Waals surface area contributed by atoms with E-state index in [4.69, 9.17) is 4.74 Å². The highest BCUT2D eigenvalue weighted by Crippen LogP contribution is 2.32. The first-order valence-corrected chi connectivity index (χ1v) is 9.95. The number of amides is 3. The summed E-state index contributed by atoms with van der Waals surface area (Å²) in [5.41, 5.74) is 2.56. The summed E-state index contributed by atoms with van der Waals surface area (Å²) in [6.07, 6.45) is 3.15. The van der Waals surface area contributed by atoms with Crippen molar-refractivity contribution in [2.45, 2.75) is 38.6 Å². The van der Waals surface area contributed by atoms with Crippen LogP contribution in [-0.4, -0.2) is 35.8 Å². The lowest BCUT2D eigenvalue weighted by molar-refractivity contribution is -0.130. The van der Waals surface area contributed by atoms with Crippen molar-refractivity contribution in [2.75, 3.05) is 13.2 Å². The van der Waals surface area contributed by atoms with E-state index in [1.54, 1.807) is 31.2 Å². The molecule has 0 radical (unpaired) electrons. The molecule has 29 heavy (non-hydrogen) atoms. The van der Waals surface area contributed by atoms with E-state index >= 15 is 0 Å². The molecule has 1 heterocycles. The summed E-state index contributed by atoms with van der Waals surface area (Å²) in [7, 11) is 0. The van der Waals surface area contributed by atoms with Gasteiger partial charge in [-0.1, -0.05) is 18.2 Å². The van der Waals surface area contributed by atoms with Gasteiger partial charge in [-0.25, -0.2) is 4.79 Å². The summed E-state index contributed by atoms with van der Waals surface area (Å²) >= 11 is 0. The van der Waals surface area contributed by atoms with E-state index in [0.717, 1.165) is 29.7 Å². The predicted octanol–water partition coefficient (Wildman–Crippen LogP) is 3.22. The van der Waals surface area contributed by atoms with Crippen molar-refractivity contribution in [2.24, 2.45) is 0 Å². The molecule has 3 amide bonds. The van der Waals surface area contributed by atoms with Gasteiger partial charge in [-0.15, -0.1) is 0 Å². The van der Waals surface area contributed by atoms with E-state index in [1.165, 1.54) is 11.1 Å². The van der Waals surface area contributed by atoms with Crippen molar-refractivity contribution in [1.29, 1.82) is 0 Å². The van der Waals surface area contributed by atoms with E-state index in [2.05, 4.69) is 5.32 Å². The lowest BCUT2D eigenvalue weighted by Gasteiger charge is -2.23. The fraction of sp³-hybridized carbons (Fsp3) is 0.348. The van der Waals surface area contributed by atoms with Crippen LogP contribution >= 0.6 is 0 Å². The summed E-state index contributed by atoms with van der Waals surface area (Å²) in [5.74, 6) is -0.0299. The molecule has 4 rings (SSSR count). The normalized spacial score (nSPS) is 20.6. The zero-order valence-electron chi connectivity index (χ0n) is 16.7. The van der Waals surface area contributed by atoms with Gasteiger partial charge in [0.15, 0.2) is 5.78 Å². The van der Waals surface area contributed by atoms with E-state index in [1.807, 2.05) is 25.1 Å². The molecular weight excluding hydrogens is 368 g/mol. The van der Waals surface area contributed by atoms with Crippen LogP contribution in [0.25, 0.3) is 0 Å². The molecule has 1 aliphatic heterocycles. The Morgan fingerprint density at radius 1 is 1.10 bits per heavy atom. The van der Waals surface area contributed by atoms with Gasteiger partial charge in [0, 0.05) is 5.56 Å². The number of imide groups is 1. The second-order valence-electron chi connectivity index (χ2n) is 7.66. The number of carbonyl (C=O) groups is 3. The van der Waals surface area contributed by atoms with E-state index in [9.17, 15) is 14.4 Å². The van der Waals surface area contributed by atoms with Gasteiger partial charge in [0.1, 0.15) is 11.3 Å². The monoisotopic (exact) mass is 392 g/mol. The molecule has 1 N–H and O–H groups in total. The van der Waals surface area contributed by atoms with Crippen molar-refractivity contribution in [3.63, 3.8) is 0 Å². The number of ketones is 1. The van der Waals surface area contributed by atoms with Gasteiger partial charge in [-0.05, 0) is 74.1 Å². The third kappa shape index (κ3) is 3.39. The Labute approximate surface area is 169 Å². The zero-order valence-corrected chi connectivity index (χ0v) is 16.7. The van der Waals surface area contributed by atoms with Gasteiger partial charge in [-0.3, -0.25) is 14.5 Å². The molecule has 150 valence electrons. The fourth-order valence-electron chi connectivity index (χ4n) is 4.06. The van der Waals surface area contributed by atoms with Crippen molar-refractivity contribution >= 4 is 17.7 Å². The number of nitrogens with one attached hydrogen (secondary N) is 1. The van der Waals surface area contributed by atoms with Gasteiger partial charge in [-0.2, -0.15) is 0 Å². The van der Waals surface area contributed by atoms with Crippen LogP contribution in [0.2, 0.25) is 0 Å². The third-order valence-electron chi connectivity index (χ3n) is 5.74. The van der Waals surface area contributed by atoms with Crippen molar-refractivity contribution < 1.29 is 19.1 Å². The highest BCUT2D eigenvalue weighted by molar-refractivity contribution is 6.11. The highest BCUT2D eigenvalue weighted by atomic mass is 16.5. The largest absolute Gasteiger partial charge is 0.494 e. The maximum absolute atomic E-state index is 13.1. The first-order valence-electron chi connectivity index (χ1n) is 9.95. The number of rotatable bonds is 6. The Morgan fingerprint density at radius 3 is 2.55 bits per heavy atom. The maximum Gasteiger partial charge on any atom is 0.325 e. The average Bonchev–Trinajstić information content (AvgIpc) is 3.27. The van der Waals surface area contributed by atoms with Gasteiger partial charge in [0.2, 0.25) is 0 Å². The highest BCUT2D eigenvalue weighted by Gasteiger charge is 2.49. The van der Waals surface area contributed by atoms with Gasteiger partial charge in [0.25, 0.3) is 5.91 Å². The molecule has 2 aliphatic rings. The minimum absolute atomic E-state index is 0.292.